The third kappa shape index (κ3) is 10.2. The van der Waals surface area contributed by atoms with Gasteiger partial charge in [-0.15, -0.1) is 11.6 Å². The van der Waals surface area contributed by atoms with Crippen LogP contribution >= 0.6 is 11.6 Å². The van der Waals surface area contributed by atoms with Gasteiger partial charge in [0.15, 0.2) is 0 Å². The summed E-state index contributed by atoms with van der Waals surface area (Å²) in [4.78, 5) is 11.4. The van der Waals surface area contributed by atoms with E-state index in [1.54, 1.807) is 7.11 Å². The molecule has 0 aliphatic rings. The van der Waals surface area contributed by atoms with E-state index in [-0.39, 0.29) is 11.3 Å². The Morgan fingerprint density at radius 3 is 2.62 bits per heavy atom. The van der Waals surface area contributed by atoms with Crippen molar-refractivity contribution in [3.63, 3.8) is 0 Å². The fourth-order valence-corrected chi connectivity index (χ4v) is 1.64. The molecule has 4 heteroatoms. The van der Waals surface area contributed by atoms with Crippen LogP contribution in [0, 0.1) is 0 Å². The number of rotatable bonds is 10. The number of carbonyl (C=O) groups is 1. The molecule has 3 nitrogen and oxygen atoms in total. The number of alkyl halides is 1. The summed E-state index contributed by atoms with van der Waals surface area (Å²) in [6.07, 6.45) is 6.45. The molecule has 1 unspecified atom stereocenters. The fraction of sp³-hybridized carbons (Fsp3) is 0.917. The Hall–Kier alpha value is -0.280. The van der Waals surface area contributed by atoms with E-state index in [0.717, 1.165) is 12.8 Å². The van der Waals surface area contributed by atoms with Crippen LogP contribution < -0.4 is 5.32 Å². The second kappa shape index (κ2) is 11.2. The SMILES string of the molecule is CCCCCCCC(=O)NCC(Cl)COC. The van der Waals surface area contributed by atoms with Gasteiger partial charge in [0, 0.05) is 20.1 Å². The van der Waals surface area contributed by atoms with Crippen LogP contribution in [0.15, 0.2) is 0 Å². The van der Waals surface area contributed by atoms with Crippen molar-refractivity contribution in [2.75, 3.05) is 20.3 Å². The molecular weight excluding hydrogens is 226 g/mol. The Kier molecular flexibility index (Phi) is 11.0. The van der Waals surface area contributed by atoms with Gasteiger partial charge in [0.2, 0.25) is 5.91 Å². The molecular formula is C12H24ClNO2. The van der Waals surface area contributed by atoms with Gasteiger partial charge in [0.1, 0.15) is 0 Å². The second-order valence-electron chi connectivity index (χ2n) is 4.02. The van der Waals surface area contributed by atoms with Crippen molar-refractivity contribution in [2.24, 2.45) is 0 Å². The van der Waals surface area contributed by atoms with E-state index < -0.39 is 0 Å². The molecule has 0 fully saturated rings. The number of halogens is 1. The normalized spacial score (nSPS) is 12.4. The number of ether oxygens (including phenoxy) is 1. The first kappa shape index (κ1) is 15.7. The minimum absolute atomic E-state index is 0.0956. The highest BCUT2D eigenvalue weighted by Crippen LogP contribution is 2.04. The molecule has 0 saturated carbocycles. The van der Waals surface area contributed by atoms with Crippen molar-refractivity contribution < 1.29 is 9.53 Å². The van der Waals surface area contributed by atoms with Crippen LogP contribution in [0.4, 0.5) is 0 Å². The van der Waals surface area contributed by atoms with E-state index in [9.17, 15) is 4.79 Å². The second-order valence-corrected chi connectivity index (χ2v) is 4.64. The van der Waals surface area contributed by atoms with Crippen molar-refractivity contribution in [1.29, 1.82) is 0 Å². The van der Waals surface area contributed by atoms with Crippen molar-refractivity contribution >= 4 is 17.5 Å². The number of hydrogen-bond acceptors (Lipinski definition) is 2. The maximum absolute atomic E-state index is 11.4. The topological polar surface area (TPSA) is 38.3 Å². The first-order valence-electron chi connectivity index (χ1n) is 6.10. The molecule has 0 aromatic rings. The monoisotopic (exact) mass is 249 g/mol. The van der Waals surface area contributed by atoms with Gasteiger partial charge in [0.05, 0.1) is 12.0 Å². The zero-order valence-corrected chi connectivity index (χ0v) is 11.2. The number of nitrogens with one attached hydrogen (secondary N) is 1. The molecule has 0 bridgehead atoms. The molecule has 1 N–H and O–H groups in total. The molecule has 0 aromatic heterocycles. The van der Waals surface area contributed by atoms with Gasteiger partial charge in [-0.05, 0) is 6.42 Å². The van der Waals surface area contributed by atoms with Gasteiger partial charge in [-0.3, -0.25) is 4.79 Å². The molecule has 0 radical (unpaired) electrons. The van der Waals surface area contributed by atoms with Crippen molar-refractivity contribution in [2.45, 2.75) is 50.8 Å². The maximum Gasteiger partial charge on any atom is 0.220 e. The third-order valence-corrected chi connectivity index (χ3v) is 2.66. The quantitative estimate of drug-likeness (QED) is 0.478. The standard InChI is InChI=1S/C12H24ClNO2/c1-3-4-5-6-7-8-12(15)14-9-11(13)10-16-2/h11H,3-10H2,1-2H3,(H,14,15). The van der Waals surface area contributed by atoms with Gasteiger partial charge in [-0.25, -0.2) is 0 Å². The fourth-order valence-electron chi connectivity index (χ4n) is 1.44. The van der Waals surface area contributed by atoms with Crippen molar-refractivity contribution in [3.8, 4) is 0 Å². The van der Waals surface area contributed by atoms with Crippen LogP contribution in [-0.4, -0.2) is 31.5 Å². The predicted molar refractivity (Wildman–Crippen MR) is 67.9 cm³/mol. The molecule has 96 valence electrons. The van der Waals surface area contributed by atoms with E-state index in [2.05, 4.69) is 12.2 Å². The van der Waals surface area contributed by atoms with Crippen LogP contribution in [0.5, 0.6) is 0 Å². The van der Waals surface area contributed by atoms with Crippen LogP contribution in [0.3, 0.4) is 0 Å². The average Bonchev–Trinajstić information content (AvgIpc) is 2.26. The van der Waals surface area contributed by atoms with Crippen LogP contribution in [0.25, 0.3) is 0 Å². The Morgan fingerprint density at radius 2 is 2.00 bits per heavy atom. The minimum Gasteiger partial charge on any atom is -0.383 e. The lowest BCUT2D eigenvalue weighted by Gasteiger charge is -2.09. The lowest BCUT2D eigenvalue weighted by atomic mass is 10.1. The molecule has 0 aliphatic heterocycles. The predicted octanol–water partition coefficient (Wildman–Crippen LogP) is 2.72. The highest BCUT2D eigenvalue weighted by atomic mass is 35.5. The van der Waals surface area contributed by atoms with Gasteiger partial charge in [0.25, 0.3) is 0 Å². The third-order valence-electron chi connectivity index (χ3n) is 2.38. The summed E-state index contributed by atoms with van der Waals surface area (Å²) in [6.45, 7) is 3.14. The number of amides is 1. The zero-order valence-electron chi connectivity index (χ0n) is 10.4. The van der Waals surface area contributed by atoms with E-state index in [1.807, 2.05) is 0 Å². The summed E-state index contributed by atoms with van der Waals surface area (Å²) < 4.78 is 4.88. The van der Waals surface area contributed by atoms with Gasteiger partial charge in [-0.1, -0.05) is 32.6 Å². The molecule has 1 atom stereocenters. The molecule has 0 rings (SSSR count). The summed E-state index contributed by atoms with van der Waals surface area (Å²) in [5, 5.41) is 2.68. The molecule has 0 heterocycles. The first-order chi connectivity index (χ1) is 7.70. The summed E-state index contributed by atoms with van der Waals surface area (Å²) >= 11 is 5.89. The van der Waals surface area contributed by atoms with Gasteiger partial charge in [-0.2, -0.15) is 0 Å². The van der Waals surface area contributed by atoms with E-state index in [4.69, 9.17) is 16.3 Å². The summed E-state index contributed by atoms with van der Waals surface area (Å²) in [6, 6.07) is 0. The lowest BCUT2D eigenvalue weighted by Crippen LogP contribution is -2.31. The smallest absolute Gasteiger partial charge is 0.220 e. The van der Waals surface area contributed by atoms with Crippen LogP contribution in [-0.2, 0) is 9.53 Å². The molecule has 1 amide bonds. The number of carbonyl (C=O) groups excluding carboxylic acids is 1. The summed E-state index contributed by atoms with van der Waals surface area (Å²) in [5.41, 5.74) is 0. The molecule has 0 spiro atoms. The van der Waals surface area contributed by atoms with Crippen molar-refractivity contribution in [3.05, 3.63) is 0 Å². The lowest BCUT2D eigenvalue weighted by molar-refractivity contribution is -0.121. The van der Waals surface area contributed by atoms with Gasteiger partial charge >= 0.3 is 0 Å². The van der Waals surface area contributed by atoms with Crippen molar-refractivity contribution in [1.82, 2.24) is 5.32 Å². The Morgan fingerprint density at radius 1 is 1.31 bits per heavy atom. The molecule has 0 aromatic carbocycles. The molecule has 0 saturated heterocycles. The highest BCUT2D eigenvalue weighted by molar-refractivity contribution is 6.21. The minimum atomic E-state index is -0.131. The number of hydrogen-bond donors (Lipinski definition) is 1. The maximum atomic E-state index is 11.4. The van der Waals surface area contributed by atoms with Crippen LogP contribution in [0.1, 0.15) is 45.4 Å². The highest BCUT2D eigenvalue weighted by Gasteiger charge is 2.06. The van der Waals surface area contributed by atoms with E-state index >= 15 is 0 Å². The number of methoxy groups -OCH3 is 1. The summed E-state index contributed by atoms with van der Waals surface area (Å²) in [5.74, 6) is 0.0956. The largest absolute Gasteiger partial charge is 0.383 e. The first-order valence-corrected chi connectivity index (χ1v) is 6.54. The van der Waals surface area contributed by atoms with Crippen LogP contribution in [0.2, 0.25) is 0 Å². The van der Waals surface area contributed by atoms with E-state index in [0.29, 0.717) is 19.6 Å². The average molecular weight is 250 g/mol. The van der Waals surface area contributed by atoms with E-state index in [1.165, 1.54) is 19.3 Å². The Labute approximate surface area is 104 Å². The Bertz CT molecular complexity index is 176. The molecule has 16 heavy (non-hydrogen) atoms. The van der Waals surface area contributed by atoms with Gasteiger partial charge < -0.3 is 10.1 Å². The zero-order chi connectivity index (χ0) is 12.2. The molecule has 0 aliphatic carbocycles. The number of unbranched alkanes of at least 4 members (excludes halogenated alkanes) is 4. The Balaban J connectivity index is 3.30. The summed E-state index contributed by atoms with van der Waals surface area (Å²) in [7, 11) is 1.60.